The maximum atomic E-state index is 13.4. The van der Waals surface area contributed by atoms with Crippen molar-refractivity contribution in [3.8, 4) is 0 Å². The number of hydrogen-bond acceptors (Lipinski definition) is 5. The van der Waals surface area contributed by atoms with Gasteiger partial charge in [0, 0.05) is 17.5 Å². The molecule has 0 spiro atoms. The van der Waals surface area contributed by atoms with Crippen LogP contribution < -0.4 is 5.32 Å². The number of carbonyl (C=O) groups excluding carboxylic acids is 3. The van der Waals surface area contributed by atoms with Crippen LogP contribution in [-0.2, 0) is 20.7 Å². The smallest absolute Gasteiger partial charge is 0.328 e. The van der Waals surface area contributed by atoms with Gasteiger partial charge in [0.1, 0.15) is 12.1 Å². The molecule has 3 atom stereocenters. The summed E-state index contributed by atoms with van der Waals surface area (Å²) >= 11 is 0. The molecule has 1 heterocycles. The highest BCUT2D eigenvalue weighted by Gasteiger charge is 2.43. The van der Waals surface area contributed by atoms with Crippen LogP contribution in [0.1, 0.15) is 48.0 Å². The van der Waals surface area contributed by atoms with Gasteiger partial charge in [-0.3, -0.25) is 14.5 Å². The van der Waals surface area contributed by atoms with E-state index in [-0.39, 0.29) is 12.3 Å². The highest BCUT2D eigenvalue weighted by atomic mass is 16.5. The maximum absolute atomic E-state index is 13.4. The lowest BCUT2D eigenvalue weighted by Crippen LogP contribution is -2.54. The minimum atomic E-state index is -1.25. The SMILES string of the molecule is COC(=O)[C@H](CC(C)C)NC(=O)[C@@H](Cc1ccccc1)N1C(=O)c2ccccc2[C@H]1O. The van der Waals surface area contributed by atoms with Crippen LogP contribution in [-0.4, -0.2) is 47.0 Å². The molecule has 164 valence electrons. The number of nitrogens with one attached hydrogen (secondary N) is 1. The van der Waals surface area contributed by atoms with E-state index in [1.807, 2.05) is 44.2 Å². The van der Waals surface area contributed by atoms with Gasteiger partial charge < -0.3 is 15.2 Å². The molecule has 0 saturated carbocycles. The first kappa shape index (κ1) is 22.5. The molecule has 2 aromatic carbocycles. The third kappa shape index (κ3) is 4.94. The molecule has 2 N–H and O–H groups in total. The molecule has 0 saturated heterocycles. The maximum Gasteiger partial charge on any atom is 0.328 e. The molecule has 0 fully saturated rings. The van der Waals surface area contributed by atoms with Crippen LogP contribution >= 0.6 is 0 Å². The molecule has 31 heavy (non-hydrogen) atoms. The van der Waals surface area contributed by atoms with Crippen molar-refractivity contribution in [1.82, 2.24) is 10.2 Å². The van der Waals surface area contributed by atoms with E-state index in [1.54, 1.807) is 24.3 Å². The van der Waals surface area contributed by atoms with E-state index in [0.29, 0.717) is 17.5 Å². The average Bonchev–Trinajstić information content (AvgIpc) is 3.01. The average molecular weight is 424 g/mol. The minimum absolute atomic E-state index is 0.139. The van der Waals surface area contributed by atoms with Crippen molar-refractivity contribution in [2.75, 3.05) is 7.11 Å². The number of aliphatic hydroxyl groups excluding tert-OH is 1. The number of nitrogens with zero attached hydrogens (tertiary/aromatic N) is 1. The zero-order valence-corrected chi connectivity index (χ0v) is 17.9. The van der Waals surface area contributed by atoms with Crippen LogP contribution in [0.2, 0.25) is 0 Å². The van der Waals surface area contributed by atoms with E-state index in [0.717, 1.165) is 5.56 Å². The summed E-state index contributed by atoms with van der Waals surface area (Å²) in [6.45, 7) is 3.88. The number of carbonyl (C=O) groups is 3. The van der Waals surface area contributed by atoms with Crippen LogP contribution in [0.3, 0.4) is 0 Å². The van der Waals surface area contributed by atoms with Gasteiger partial charge >= 0.3 is 5.97 Å². The van der Waals surface area contributed by atoms with E-state index >= 15 is 0 Å². The van der Waals surface area contributed by atoms with Crippen LogP contribution in [0.4, 0.5) is 0 Å². The lowest BCUT2D eigenvalue weighted by Gasteiger charge is -2.31. The molecule has 1 aliphatic rings. The van der Waals surface area contributed by atoms with Crippen molar-refractivity contribution in [1.29, 1.82) is 0 Å². The number of ether oxygens (including phenoxy) is 1. The Morgan fingerprint density at radius 3 is 2.35 bits per heavy atom. The highest BCUT2D eigenvalue weighted by Crippen LogP contribution is 2.34. The number of rotatable bonds is 8. The van der Waals surface area contributed by atoms with E-state index in [1.165, 1.54) is 12.0 Å². The predicted molar refractivity (Wildman–Crippen MR) is 115 cm³/mol. The lowest BCUT2D eigenvalue weighted by atomic mass is 10.0. The third-order valence-corrected chi connectivity index (χ3v) is 5.39. The van der Waals surface area contributed by atoms with Crippen LogP contribution in [0.25, 0.3) is 0 Å². The first-order valence-corrected chi connectivity index (χ1v) is 10.3. The standard InChI is InChI=1S/C24H28N2O5/c1-15(2)13-19(24(30)31-3)25-21(27)20(14-16-9-5-4-6-10-16)26-22(28)17-11-7-8-12-18(17)23(26)29/h4-12,15,19-20,22,28H,13-14H2,1-3H3,(H,25,27)/t19-,20+,22+/m0/s1. The summed E-state index contributed by atoms with van der Waals surface area (Å²) in [4.78, 5) is 39.9. The van der Waals surface area contributed by atoms with Crippen molar-refractivity contribution >= 4 is 17.8 Å². The van der Waals surface area contributed by atoms with Crippen molar-refractivity contribution in [2.45, 2.75) is 45.0 Å². The van der Waals surface area contributed by atoms with E-state index in [9.17, 15) is 19.5 Å². The fourth-order valence-corrected chi connectivity index (χ4v) is 3.88. The molecule has 0 bridgehead atoms. The monoisotopic (exact) mass is 424 g/mol. The van der Waals surface area contributed by atoms with Crippen molar-refractivity contribution in [2.24, 2.45) is 5.92 Å². The summed E-state index contributed by atoms with van der Waals surface area (Å²) < 4.78 is 4.85. The summed E-state index contributed by atoms with van der Waals surface area (Å²) in [7, 11) is 1.27. The summed E-state index contributed by atoms with van der Waals surface area (Å²) in [5, 5.41) is 13.6. The molecular weight excluding hydrogens is 396 g/mol. The number of aliphatic hydroxyl groups is 1. The number of benzene rings is 2. The third-order valence-electron chi connectivity index (χ3n) is 5.39. The summed E-state index contributed by atoms with van der Waals surface area (Å²) in [5.74, 6) is -1.34. The molecule has 7 heteroatoms. The Morgan fingerprint density at radius 1 is 1.10 bits per heavy atom. The number of fused-ring (bicyclic) bond motifs is 1. The van der Waals surface area contributed by atoms with Gasteiger partial charge in [0.2, 0.25) is 5.91 Å². The van der Waals surface area contributed by atoms with Gasteiger partial charge in [-0.1, -0.05) is 62.4 Å². The fourth-order valence-electron chi connectivity index (χ4n) is 3.88. The van der Waals surface area contributed by atoms with E-state index in [2.05, 4.69) is 5.32 Å². The first-order valence-electron chi connectivity index (χ1n) is 10.3. The second kappa shape index (κ2) is 9.75. The second-order valence-corrected chi connectivity index (χ2v) is 8.09. The fraction of sp³-hybridized carbons (Fsp3) is 0.375. The number of methoxy groups -OCH3 is 1. The summed E-state index contributed by atoms with van der Waals surface area (Å²) in [6, 6.07) is 14.2. The number of amides is 2. The van der Waals surface area contributed by atoms with E-state index < -0.39 is 36.1 Å². The molecular formula is C24H28N2O5. The Kier molecular flexibility index (Phi) is 7.07. The Bertz CT molecular complexity index is 944. The van der Waals surface area contributed by atoms with Crippen LogP contribution in [0.15, 0.2) is 54.6 Å². The van der Waals surface area contributed by atoms with Crippen molar-refractivity contribution in [3.63, 3.8) is 0 Å². The number of hydrogen-bond donors (Lipinski definition) is 2. The normalized spacial score (nSPS) is 17.3. The zero-order chi connectivity index (χ0) is 22.5. The molecule has 0 unspecified atom stereocenters. The molecule has 0 aliphatic carbocycles. The van der Waals surface area contributed by atoms with Gasteiger partial charge in [0.25, 0.3) is 5.91 Å². The van der Waals surface area contributed by atoms with Gasteiger partial charge in [-0.2, -0.15) is 0 Å². The molecule has 3 rings (SSSR count). The molecule has 0 radical (unpaired) electrons. The molecule has 0 aromatic heterocycles. The quantitative estimate of drug-likeness (QED) is 0.635. The van der Waals surface area contributed by atoms with Gasteiger partial charge in [-0.25, -0.2) is 4.79 Å². The Balaban J connectivity index is 1.92. The van der Waals surface area contributed by atoms with Gasteiger partial charge in [0.05, 0.1) is 7.11 Å². The lowest BCUT2D eigenvalue weighted by molar-refractivity contribution is -0.146. The Hall–Kier alpha value is -3.19. The van der Waals surface area contributed by atoms with Crippen molar-refractivity contribution in [3.05, 3.63) is 71.3 Å². The summed E-state index contributed by atoms with van der Waals surface area (Å²) in [6.07, 6.45) is -0.656. The molecule has 1 aliphatic heterocycles. The zero-order valence-electron chi connectivity index (χ0n) is 17.9. The van der Waals surface area contributed by atoms with Gasteiger partial charge in [-0.05, 0) is 24.0 Å². The van der Waals surface area contributed by atoms with Gasteiger partial charge in [-0.15, -0.1) is 0 Å². The van der Waals surface area contributed by atoms with E-state index in [4.69, 9.17) is 4.74 Å². The van der Waals surface area contributed by atoms with Gasteiger partial charge in [0.15, 0.2) is 6.23 Å². The highest BCUT2D eigenvalue weighted by molar-refractivity contribution is 6.02. The van der Waals surface area contributed by atoms with Crippen molar-refractivity contribution < 1.29 is 24.2 Å². The first-order chi connectivity index (χ1) is 14.8. The predicted octanol–water partition coefficient (Wildman–Crippen LogP) is 2.45. The molecule has 7 nitrogen and oxygen atoms in total. The Morgan fingerprint density at radius 2 is 1.74 bits per heavy atom. The molecule has 2 aromatic rings. The molecule has 2 amide bonds. The second-order valence-electron chi connectivity index (χ2n) is 8.09. The summed E-state index contributed by atoms with van der Waals surface area (Å²) in [5.41, 5.74) is 1.66. The Labute approximate surface area is 182 Å². The van der Waals surface area contributed by atoms with Crippen LogP contribution in [0, 0.1) is 5.92 Å². The van der Waals surface area contributed by atoms with Crippen LogP contribution in [0.5, 0.6) is 0 Å². The number of esters is 1. The topological polar surface area (TPSA) is 95.9 Å². The minimum Gasteiger partial charge on any atom is -0.467 e. The largest absolute Gasteiger partial charge is 0.467 e.